The highest BCUT2D eigenvalue weighted by Crippen LogP contribution is 2.29. The molecule has 0 amide bonds. The van der Waals surface area contributed by atoms with Gasteiger partial charge in [-0.25, -0.2) is 0 Å². The Labute approximate surface area is 114 Å². The van der Waals surface area contributed by atoms with E-state index in [1.165, 1.54) is 9.75 Å². The highest BCUT2D eigenvalue weighted by molar-refractivity contribution is 7.98. The molecule has 1 heterocycles. The Balaban J connectivity index is 2.80. The molecule has 0 bridgehead atoms. The number of nitrogens with zero attached hydrogens (tertiary/aromatic N) is 1. The number of rotatable bonds is 7. The lowest BCUT2D eigenvalue weighted by Crippen LogP contribution is -2.39. The van der Waals surface area contributed by atoms with Crippen molar-refractivity contribution in [3.8, 4) is 0 Å². The summed E-state index contributed by atoms with van der Waals surface area (Å²) >= 11 is 3.76. The average molecular weight is 272 g/mol. The largest absolute Gasteiger partial charge is 0.326 e. The third kappa shape index (κ3) is 4.28. The van der Waals surface area contributed by atoms with Crippen molar-refractivity contribution >= 4 is 23.1 Å². The summed E-state index contributed by atoms with van der Waals surface area (Å²) in [5.74, 6) is 1.16. The SMILES string of the molecule is CCC(N)C(c1ccc(C)s1)N(C)CCSC. The van der Waals surface area contributed by atoms with Crippen molar-refractivity contribution < 1.29 is 0 Å². The number of likely N-dealkylation sites (N-methyl/N-ethyl adjacent to an activating group) is 1. The quantitative estimate of drug-likeness (QED) is 0.827. The minimum atomic E-state index is 0.222. The molecule has 0 saturated heterocycles. The molecule has 2 atom stereocenters. The molecule has 0 radical (unpaired) electrons. The van der Waals surface area contributed by atoms with Gasteiger partial charge in [-0.1, -0.05) is 6.92 Å². The van der Waals surface area contributed by atoms with Gasteiger partial charge in [0.25, 0.3) is 0 Å². The van der Waals surface area contributed by atoms with E-state index in [4.69, 9.17) is 5.73 Å². The second kappa shape index (κ2) is 7.41. The molecular weight excluding hydrogens is 248 g/mol. The molecule has 1 aromatic rings. The van der Waals surface area contributed by atoms with E-state index in [2.05, 4.69) is 44.2 Å². The number of hydrogen-bond donors (Lipinski definition) is 1. The van der Waals surface area contributed by atoms with Crippen molar-refractivity contribution in [2.24, 2.45) is 5.73 Å². The standard InChI is InChI=1S/C13H24N2S2/c1-5-11(14)13(15(3)8-9-16-4)12-7-6-10(2)17-12/h6-7,11,13H,5,8-9,14H2,1-4H3. The first kappa shape index (κ1) is 15.0. The van der Waals surface area contributed by atoms with Gasteiger partial charge in [0.2, 0.25) is 0 Å². The first-order chi connectivity index (χ1) is 8.10. The lowest BCUT2D eigenvalue weighted by atomic mass is 10.0. The van der Waals surface area contributed by atoms with Crippen LogP contribution in [0.4, 0.5) is 0 Å². The van der Waals surface area contributed by atoms with Crippen molar-refractivity contribution in [1.29, 1.82) is 0 Å². The van der Waals surface area contributed by atoms with Crippen LogP contribution in [0.25, 0.3) is 0 Å². The van der Waals surface area contributed by atoms with E-state index in [0.29, 0.717) is 6.04 Å². The summed E-state index contributed by atoms with van der Waals surface area (Å²) in [4.78, 5) is 5.17. The van der Waals surface area contributed by atoms with Crippen LogP contribution in [0, 0.1) is 6.92 Å². The molecule has 0 aromatic carbocycles. The van der Waals surface area contributed by atoms with Gasteiger partial charge in [-0.2, -0.15) is 11.8 Å². The zero-order chi connectivity index (χ0) is 12.8. The van der Waals surface area contributed by atoms with E-state index in [1.54, 1.807) is 0 Å². The number of thiophene rings is 1. The minimum Gasteiger partial charge on any atom is -0.326 e. The van der Waals surface area contributed by atoms with E-state index < -0.39 is 0 Å². The van der Waals surface area contributed by atoms with Crippen molar-refractivity contribution in [3.05, 3.63) is 21.9 Å². The topological polar surface area (TPSA) is 29.3 Å². The monoisotopic (exact) mass is 272 g/mol. The van der Waals surface area contributed by atoms with Gasteiger partial charge >= 0.3 is 0 Å². The molecular formula is C13H24N2S2. The maximum absolute atomic E-state index is 6.29. The highest BCUT2D eigenvalue weighted by atomic mass is 32.2. The van der Waals surface area contributed by atoms with Crippen LogP contribution in [0.5, 0.6) is 0 Å². The van der Waals surface area contributed by atoms with E-state index in [0.717, 1.165) is 18.7 Å². The van der Waals surface area contributed by atoms with Crippen molar-refractivity contribution in [3.63, 3.8) is 0 Å². The van der Waals surface area contributed by atoms with Crippen LogP contribution >= 0.6 is 23.1 Å². The first-order valence-corrected chi connectivity index (χ1v) is 8.32. The third-order valence-corrected chi connectivity index (χ3v) is 4.71. The van der Waals surface area contributed by atoms with Crippen LogP contribution in [-0.4, -0.2) is 36.5 Å². The maximum atomic E-state index is 6.29. The van der Waals surface area contributed by atoms with Gasteiger partial charge in [0, 0.05) is 28.1 Å². The molecule has 0 saturated carbocycles. The van der Waals surface area contributed by atoms with Crippen LogP contribution in [0.3, 0.4) is 0 Å². The van der Waals surface area contributed by atoms with Crippen LogP contribution in [-0.2, 0) is 0 Å². The van der Waals surface area contributed by atoms with Crippen molar-refractivity contribution in [1.82, 2.24) is 4.90 Å². The minimum absolute atomic E-state index is 0.222. The molecule has 2 unspecified atom stereocenters. The summed E-state index contributed by atoms with van der Waals surface area (Å²) in [6, 6.07) is 5.01. The molecule has 0 aliphatic rings. The van der Waals surface area contributed by atoms with E-state index in [9.17, 15) is 0 Å². The van der Waals surface area contributed by atoms with E-state index >= 15 is 0 Å². The van der Waals surface area contributed by atoms with E-state index in [-0.39, 0.29) is 6.04 Å². The normalized spacial score (nSPS) is 15.2. The molecule has 17 heavy (non-hydrogen) atoms. The molecule has 0 spiro atoms. The summed E-state index contributed by atoms with van der Waals surface area (Å²) in [7, 11) is 2.19. The summed E-state index contributed by atoms with van der Waals surface area (Å²) in [5, 5.41) is 0. The van der Waals surface area contributed by atoms with Gasteiger partial charge in [0.05, 0.1) is 6.04 Å². The van der Waals surface area contributed by atoms with Gasteiger partial charge in [0.1, 0.15) is 0 Å². The number of thioether (sulfide) groups is 1. The molecule has 0 aliphatic carbocycles. The summed E-state index contributed by atoms with van der Waals surface area (Å²) < 4.78 is 0. The molecule has 4 heteroatoms. The van der Waals surface area contributed by atoms with Gasteiger partial charge in [-0.05, 0) is 38.8 Å². The molecule has 2 N–H and O–H groups in total. The predicted octanol–water partition coefficient (Wildman–Crippen LogP) is 3.13. The second-order valence-corrected chi connectivity index (χ2v) is 6.74. The number of hydrogen-bond acceptors (Lipinski definition) is 4. The van der Waals surface area contributed by atoms with Gasteiger partial charge in [-0.3, -0.25) is 4.90 Å². The lowest BCUT2D eigenvalue weighted by molar-refractivity contribution is 0.225. The van der Waals surface area contributed by atoms with Gasteiger partial charge < -0.3 is 5.73 Å². The fourth-order valence-corrected chi connectivity index (χ4v) is 3.56. The Morgan fingerprint density at radius 3 is 2.65 bits per heavy atom. The third-order valence-electron chi connectivity index (χ3n) is 3.05. The average Bonchev–Trinajstić information content (AvgIpc) is 2.73. The van der Waals surface area contributed by atoms with Gasteiger partial charge in [0.15, 0.2) is 0 Å². The fourth-order valence-electron chi connectivity index (χ4n) is 1.97. The van der Waals surface area contributed by atoms with Crippen LogP contribution in [0.2, 0.25) is 0 Å². The Morgan fingerprint density at radius 2 is 2.18 bits per heavy atom. The maximum Gasteiger partial charge on any atom is 0.0591 e. The van der Waals surface area contributed by atoms with Gasteiger partial charge in [-0.15, -0.1) is 11.3 Å². The molecule has 1 rings (SSSR count). The van der Waals surface area contributed by atoms with Crippen molar-refractivity contribution in [2.75, 3.05) is 25.6 Å². The summed E-state index contributed by atoms with van der Waals surface area (Å²) in [5.41, 5.74) is 6.29. The first-order valence-electron chi connectivity index (χ1n) is 6.11. The molecule has 1 aromatic heterocycles. The molecule has 98 valence electrons. The lowest BCUT2D eigenvalue weighted by Gasteiger charge is -2.31. The predicted molar refractivity (Wildman–Crippen MR) is 81.1 cm³/mol. The van der Waals surface area contributed by atoms with E-state index in [1.807, 2.05) is 23.1 Å². The summed E-state index contributed by atoms with van der Waals surface area (Å²) in [6.07, 6.45) is 3.17. The smallest absolute Gasteiger partial charge is 0.0591 e. The zero-order valence-corrected chi connectivity index (χ0v) is 12.9. The Bertz CT molecular complexity index is 325. The molecule has 0 fully saturated rings. The second-order valence-electron chi connectivity index (χ2n) is 4.44. The summed E-state index contributed by atoms with van der Waals surface area (Å²) in [6.45, 7) is 5.42. The zero-order valence-electron chi connectivity index (χ0n) is 11.3. The Kier molecular flexibility index (Phi) is 6.55. The Morgan fingerprint density at radius 1 is 1.47 bits per heavy atom. The molecule has 0 aliphatic heterocycles. The Hall–Kier alpha value is -0.0300. The van der Waals surface area contributed by atoms with Crippen LogP contribution < -0.4 is 5.73 Å². The molecule has 2 nitrogen and oxygen atoms in total. The van der Waals surface area contributed by atoms with Crippen molar-refractivity contribution in [2.45, 2.75) is 32.4 Å². The highest BCUT2D eigenvalue weighted by Gasteiger charge is 2.23. The fraction of sp³-hybridized carbons (Fsp3) is 0.692. The number of nitrogens with two attached hydrogens (primary N) is 1. The van der Waals surface area contributed by atoms with Crippen LogP contribution in [0.15, 0.2) is 12.1 Å². The number of aryl methyl sites for hydroxylation is 1. The van der Waals surface area contributed by atoms with Crippen LogP contribution in [0.1, 0.15) is 29.1 Å².